The van der Waals surface area contributed by atoms with E-state index < -0.39 is 11.2 Å². The second-order valence-electron chi connectivity index (χ2n) is 4.78. The molecule has 0 saturated carbocycles. The van der Waals surface area contributed by atoms with Crippen LogP contribution in [0.4, 0.5) is 5.69 Å². The highest BCUT2D eigenvalue weighted by Crippen LogP contribution is 2.23. The summed E-state index contributed by atoms with van der Waals surface area (Å²) in [6.07, 6.45) is -0.0398. The fourth-order valence-corrected chi connectivity index (χ4v) is 2.85. The van der Waals surface area contributed by atoms with Crippen molar-refractivity contribution in [3.8, 4) is 0 Å². The van der Waals surface area contributed by atoms with Crippen LogP contribution in [0.15, 0.2) is 29.3 Å². The van der Waals surface area contributed by atoms with Crippen LogP contribution >= 0.6 is 11.8 Å². The molecular weight excluding hydrogens is 318 g/mol. The van der Waals surface area contributed by atoms with Gasteiger partial charge in [-0.1, -0.05) is 11.8 Å². The van der Waals surface area contributed by atoms with E-state index in [1.54, 1.807) is 24.3 Å². The molecule has 0 aromatic heterocycles. The summed E-state index contributed by atoms with van der Waals surface area (Å²) in [6, 6.07) is 6.48. The third-order valence-electron chi connectivity index (χ3n) is 2.94. The number of carbonyl (C=O) groups is 3. The lowest BCUT2D eigenvalue weighted by Crippen LogP contribution is -2.28. The Morgan fingerprint density at radius 2 is 2.04 bits per heavy atom. The molecule has 1 unspecified atom stereocenters. The number of thioether (sulfide) groups is 1. The van der Waals surface area contributed by atoms with Crippen molar-refractivity contribution in [2.45, 2.75) is 18.6 Å². The third-order valence-corrected chi connectivity index (χ3v) is 4.03. The largest absolute Gasteiger partial charge is 0.368 e. The second-order valence-corrected chi connectivity index (χ2v) is 5.98. The Hall–Kier alpha value is -2.68. The highest BCUT2D eigenvalue weighted by molar-refractivity contribution is 8.15. The molecule has 9 heteroatoms. The number of nitrogens with one attached hydrogen (secondary N) is 3. The number of guanidine groups is 1. The number of ketones is 1. The van der Waals surface area contributed by atoms with Gasteiger partial charge in [0.25, 0.3) is 0 Å². The summed E-state index contributed by atoms with van der Waals surface area (Å²) in [4.78, 5) is 38.5. The van der Waals surface area contributed by atoms with Gasteiger partial charge in [0.15, 0.2) is 11.0 Å². The molecule has 0 spiro atoms. The van der Waals surface area contributed by atoms with Crippen molar-refractivity contribution in [3.05, 3.63) is 29.8 Å². The van der Waals surface area contributed by atoms with Crippen LogP contribution in [0.25, 0.3) is 0 Å². The van der Waals surface area contributed by atoms with Crippen molar-refractivity contribution in [1.29, 1.82) is 5.41 Å². The van der Waals surface area contributed by atoms with E-state index >= 15 is 0 Å². The van der Waals surface area contributed by atoms with Crippen LogP contribution in [0.5, 0.6) is 0 Å². The van der Waals surface area contributed by atoms with Gasteiger partial charge in [0.05, 0.1) is 0 Å². The number of anilines is 1. The zero-order valence-corrected chi connectivity index (χ0v) is 13.1. The molecule has 1 heterocycles. The van der Waals surface area contributed by atoms with Crippen molar-refractivity contribution in [2.75, 3.05) is 5.32 Å². The van der Waals surface area contributed by atoms with Crippen LogP contribution < -0.4 is 16.4 Å². The average Bonchev–Trinajstić information content (AvgIpc) is 2.78. The average molecular weight is 333 g/mol. The fourth-order valence-electron chi connectivity index (χ4n) is 1.87. The van der Waals surface area contributed by atoms with Crippen molar-refractivity contribution in [1.82, 2.24) is 5.32 Å². The number of nitrogens with zero attached hydrogens (tertiary/aromatic N) is 1. The Morgan fingerprint density at radius 3 is 2.61 bits per heavy atom. The third kappa shape index (κ3) is 4.65. The molecule has 1 atom stereocenters. The normalized spacial score (nSPS) is 18.6. The summed E-state index contributed by atoms with van der Waals surface area (Å²) in [5.74, 6) is -1.16. The lowest BCUT2D eigenvalue weighted by molar-refractivity contribution is -0.122. The lowest BCUT2D eigenvalue weighted by atomic mass is 10.1. The van der Waals surface area contributed by atoms with E-state index in [4.69, 9.17) is 11.1 Å². The zero-order chi connectivity index (χ0) is 17.0. The molecule has 0 aliphatic carbocycles. The topological polar surface area (TPSA) is 138 Å². The number of nitrogens with two attached hydrogens (primary N) is 1. The quantitative estimate of drug-likeness (QED) is 0.365. The summed E-state index contributed by atoms with van der Waals surface area (Å²) in [6.45, 7) is 1.46. The van der Waals surface area contributed by atoms with Gasteiger partial charge in [-0.15, -0.1) is 0 Å². The number of rotatable bonds is 4. The minimum atomic E-state index is -0.621. The number of Topliss-reactive ketones (excluding diaryl/α,β-unsaturated/α-hetero) is 1. The maximum Gasteiger partial charge on any atom is 0.240 e. The van der Waals surface area contributed by atoms with E-state index in [0.29, 0.717) is 11.3 Å². The molecule has 2 amide bonds. The number of amides is 2. The smallest absolute Gasteiger partial charge is 0.240 e. The van der Waals surface area contributed by atoms with Crippen molar-refractivity contribution in [2.24, 2.45) is 10.7 Å². The van der Waals surface area contributed by atoms with Gasteiger partial charge in [0.2, 0.25) is 17.8 Å². The zero-order valence-electron chi connectivity index (χ0n) is 12.3. The van der Waals surface area contributed by atoms with Crippen molar-refractivity contribution in [3.63, 3.8) is 0 Å². The molecule has 0 bridgehead atoms. The summed E-state index contributed by atoms with van der Waals surface area (Å²) in [5.41, 5.74) is 6.22. The van der Waals surface area contributed by atoms with E-state index in [0.717, 1.165) is 11.8 Å². The van der Waals surface area contributed by atoms with E-state index in [1.807, 2.05) is 0 Å². The molecule has 1 aromatic rings. The maximum atomic E-state index is 12.0. The SMILES string of the molecule is CC(=O)c1ccc(NC(=O)CC2SC(=NC(=N)N)NC2=O)cc1. The standard InChI is InChI=1S/C14H15N5O3S/c1-7(20)8-2-4-9(5-3-8)17-11(21)6-10-12(22)18-14(23-10)19-13(15)16/h2-5,10H,6H2,1H3,(H,17,21)(H4,15,16,18,19,22). The molecule has 0 radical (unpaired) electrons. The van der Waals surface area contributed by atoms with Crippen molar-refractivity contribution >= 4 is 46.2 Å². The molecular formula is C14H15N5O3S. The molecule has 1 aromatic carbocycles. The Morgan fingerprint density at radius 1 is 1.39 bits per heavy atom. The number of amidine groups is 1. The van der Waals surface area contributed by atoms with Gasteiger partial charge in [-0.2, -0.15) is 4.99 Å². The summed E-state index contributed by atoms with van der Waals surface area (Å²) in [7, 11) is 0. The van der Waals surface area contributed by atoms with Crippen LogP contribution in [-0.4, -0.2) is 34.0 Å². The molecule has 1 aliphatic rings. The minimum absolute atomic E-state index is 0.0398. The molecule has 1 aliphatic heterocycles. The maximum absolute atomic E-state index is 12.0. The van der Waals surface area contributed by atoms with E-state index in [9.17, 15) is 14.4 Å². The van der Waals surface area contributed by atoms with E-state index in [2.05, 4.69) is 15.6 Å². The molecule has 8 nitrogen and oxygen atoms in total. The van der Waals surface area contributed by atoms with Gasteiger partial charge in [-0.3, -0.25) is 19.8 Å². The first-order valence-electron chi connectivity index (χ1n) is 6.66. The van der Waals surface area contributed by atoms with Gasteiger partial charge >= 0.3 is 0 Å². The summed E-state index contributed by atoms with van der Waals surface area (Å²) >= 11 is 1.06. The Labute approximate surface area is 136 Å². The fraction of sp³-hybridized carbons (Fsp3) is 0.214. The van der Waals surface area contributed by atoms with Crippen LogP contribution in [0.1, 0.15) is 23.7 Å². The Kier molecular flexibility index (Phi) is 5.12. The molecule has 1 saturated heterocycles. The summed E-state index contributed by atoms with van der Waals surface area (Å²) in [5, 5.41) is 11.8. The molecule has 1 fully saturated rings. The highest BCUT2D eigenvalue weighted by Gasteiger charge is 2.32. The van der Waals surface area contributed by atoms with E-state index in [1.165, 1.54) is 6.92 Å². The first kappa shape index (κ1) is 16.7. The molecule has 5 N–H and O–H groups in total. The highest BCUT2D eigenvalue weighted by atomic mass is 32.2. The van der Waals surface area contributed by atoms with Gasteiger partial charge in [-0.05, 0) is 31.2 Å². The predicted molar refractivity (Wildman–Crippen MR) is 88.6 cm³/mol. The van der Waals surface area contributed by atoms with Crippen molar-refractivity contribution < 1.29 is 14.4 Å². The summed E-state index contributed by atoms with van der Waals surface area (Å²) < 4.78 is 0. The monoisotopic (exact) mass is 333 g/mol. The second kappa shape index (κ2) is 7.05. The molecule has 2 rings (SSSR count). The van der Waals surface area contributed by atoms with Crippen LogP contribution in [0, 0.1) is 5.41 Å². The lowest BCUT2D eigenvalue weighted by Gasteiger charge is -2.07. The number of hydrogen-bond acceptors (Lipinski definition) is 5. The number of carbonyl (C=O) groups excluding carboxylic acids is 3. The van der Waals surface area contributed by atoms with Gasteiger partial charge < -0.3 is 16.4 Å². The first-order valence-corrected chi connectivity index (χ1v) is 7.54. The predicted octanol–water partition coefficient (Wildman–Crippen LogP) is 0.699. The molecule has 120 valence electrons. The minimum Gasteiger partial charge on any atom is -0.368 e. The number of hydrogen-bond donors (Lipinski definition) is 4. The van der Waals surface area contributed by atoms with Crippen LogP contribution in [0.3, 0.4) is 0 Å². The van der Waals surface area contributed by atoms with Gasteiger partial charge in [-0.25, -0.2) is 0 Å². The Balaban J connectivity index is 1.93. The van der Waals surface area contributed by atoms with E-state index in [-0.39, 0.29) is 29.2 Å². The van der Waals surface area contributed by atoms with Gasteiger partial charge in [0.1, 0.15) is 5.25 Å². The van der Waals surface area contributed by atoms with Crippen LogP contribution in [0.2, 0.25) is 0 Å². The van der Waals surface area contributed by atoms with Gasteiger partial charge in [0, 0.05) is 17.7 Å². The molecule has 23 heavy (non-hydrogen) atoms. The number of aliphatic imine (C=N–C) groups is 1. The van der Waals surface area contributed by atoms with Crippen LogP contribution in [-0.2, 0) is 9.59 Å². The number of benzene rings is 1. The Bertz CT molecular complexity index is 699. The first-order chi connectivity index (χ1) is 10.8.